The van der Waals surface area contributed by atoms with Crippen LogP contribution in [0.3, 0.4) is 0 Å². The monoisotopic (exact) mass is 330 g/mol. The number of nitrogens with zero attached hydrogens (tertiary/aromatic N) is 3. The van der Waals surface area contributed by atoms with Crippen molar-refractivity contribution < 1.29 is 19.0 Å². The number of nitrogens with one attached hydrogen (secondary N) is 1. The molecule has 0 saturated carbocycles. The van der Waals surface area contributed by atoms with Gasteiger partial charge in [0.05, 0.1) is 36.1 Å². The summed E-state index contributed by atoms with van der Waals surface area (Å²) in [4.78, 5) is 19.5. The molecule has 0 saturated heterocycles. The molecule has 124 valence electrons. The van der Waals surface area contributed by atoms with Gasteiger partial charge >= 0.3 is 6.09 Å². The van der Waals surface area contributed by atoms with Crippen molar-refractivity contribution in [2.24, 2.45) is 0 Å². The molecule has 1 aromatic carbocycles. The second-order valence-corrected chi connectivity index (χ2v) is 5.17. The van der Waals surface area contributed by atoms with Gasteiger partial charge in [-0.05, 0) is 25.1 Å². The highest BCUT2D eigenvalue weighted by Crippen LogP contribution is 2.26. The quantitative estimate of drug-likeness (QED) is 0.768. The normalized spacial score (nSPS) is 12.1. The largest absolute Gasteiger partial charge is 0.481 e. The predicted octanol–water partition coefficient (Wildman–Crippen LogP) is 2.90. The van der Waals surface area contributed by atoms with Crippen LogP contribution in [0, 0.1) is 5.82 Å². The topological polar surface area (TPSA) is 89.3 Å². The number of carbonyl (C=O) groups is 1. The molecular weight excluding hydrogens is 315 g/mol. The molecule has 2 N–H and O–H groups in total. The molecule has 3 aromatic rings. The van der Waals surface area contributed by atoms with Crippen LogP contribution in [0.15, 0.2) is 36.5 Å². The Bertz CT molecular complexity index is 892. The van der Waals surface area contributed by atoms with Gasteiger partial charge in [-0.25, -0.2) is 19.2 Å². The highest BCUT2D eigenvalue weighted by molar-refractivity contribution is 5.78. The lowest BCUT2D eigenvalue weighted by Gasteiger charge is -2.14. The van der Waals surface area contributed by atoms with Crippen molar-refractivity contribution in [2.45, 2.75) is 13.0 Å². The van der Waals surface area contributed by atoms with Crippen molar-refractivity contribution in [1.29, 1.82) is 0 Å². The minimum atomic E-state index is -1.17. The van der Waals surface area contributed by atoms with Gasteiger partial charge in [0.15, 0.2) is 0 Å². The van der Waals surface area contributed by atoms with E-state index in [0.717, 1.165) is 0 Å². The van der Waals surface area contributed by atoms with Gasteiger partial charge in [0, 0.05) is 12.1 Å². The first-order valence-corrected chi connectivity index (χ1v) is 7.17. The van der Waals surface area contributed by atoms with E-state index in [-0.39, 0.29) is 0 Å². The Morgan fingerprint density at radius 2 is 2.17 bits per heavy atom. The number of ether oxygens (including phenoxy) is 1. The maximum Gasteiger partial charge on any atom is 0.405 e. The van der Waals surface area contributed by atoms with Gasteiger partial charge in [-0.1, -0.05) is 0 Å². The molecule has 0 aliphatic carbocycles. The van der Waals surface area contributed by atoms with E-state index in [1.165, 1.54) is 19.2 Å². The van der Waals surface area contributed by atoms with Crippen LogP contribution in [0.25, 0.3) is 16.7 Å². The van der Waals surface area contributed by atoms with Gasteiger partial charge in [0.25, 0.3) is 0 Å². The molecule has 0 spiro atoms. The molecular formula is C16H15FN4O3. The summed E-state index contributed by atoms with van der Waals surface area (Å²) in [5, 5.41) is 11.3. The third kappa shape index (κ3) is 2.85. The molecule has 7 nitrogen and oxygen atoms in total. The Morgan fingerprint density at radius 3 is 2.79 bits per heavy atom. The number of methoxy groups -OCH3 is 1. The second kappa shape index (κ2) is 6.15. The summed E-state index contributed by atoms with van der Waals surface area (Å²) in [6, 6.07) is 7.03. The van der Waals surface area contributed by atoms with E-state index < -0.39 is 18.0 Å². The molecule has 1 amide bonds. The summed E-state index contributed by atoms with van der Waals surface area (Å²) >= 11 is 0. The molecule has 3 rings (SSSR count). The number of carboxylic acid groups (broad SMARTS) is 1. The van der Waals surface area contributed by atoms with Crippen molar-refractivity contribution in [2.75, 3.05) is 7.11 Å². The Kier molecular flexibility index (Phi) is 4.03. The fraction of sp³-hybridized carbons (Fsp3) is 0.188. The summed E-state index contributed by atoms with van der Waals surface area (Å²) in [6.07, 6.45) is 0.391. The van der Waals surface area contributed by atoms with Gasteiger partial charge in [0.1, 0.15) is 11.6 Å². The predicted molar refractivity (Wildman–Crippen MR) is 85.0 cm³/mol. The lowest BCUT2D eigenvalue weighted by molar-refractivity contribution is 0.190. The fourth-order valence-corrected chi connectivity index (χ4v) is 2.50. The zero-order chi connectivity index (χ0) is 17.3. The van der Waals surface area contributed by atoms with E-state index in [1.54, 1.807) is 35.9 Å². The van der Waals surface area contributed by atoms with Crippen molar-refractivity contribution in [1.82, 2.24) is 19.9 Å². The maximum absolute atomic E-state index is 13.7. The molecule has 0 bridgehead atoms. The van der Waals surface area contributed by atoms with Gasteiger partial charge in [0.2, 0.25) is 5.88 Å². The first kappa shape index (κ1) is 15.7. The summed E-state index contributed by atoms with van der Waals surface area (Å²) in [7, 11) is 1.51. The second-order valence-electron chi connectivity index (χ2n) is 5.17. The van der Waals surface area contributed by atoms with E-state index in [4.69, 9.17) is 9.84 Å². The van der Waals surface area contributed by atoms with Crippen LogP contribution in [-0.4, -0.2) is 32.8 Å². The first-order chi connectivity index (χ1) is 11.5. The molecule has 2 heterocycles. The average molecular weight is 330 g/mol. The first-order valence-electron chi connectivity index (χ1n) is 7.17. The smallest absolute Gasteiger partial charge is 0.405 e. The summed E-state index contributed by atoms with van der Waals surface area (Å²) < 4.78 is 20.4. The van der Waals surface area contributed by atoms with Crippen molar-refractivity contribution in [3.63, 3.8) is 0 Å². The molecule has 8 heteroatoms. The number of imidazole rings is 1. The zero-order valence-corrected chi connectivity index (χ0v) is 13.0. The molecule has 2 aromatic heterocycles. The summed E-state index contributed by atoms with van der Waals surface area (Å²) in [6.45, 7) is 1.67. The van der Waals surface area contributed by atoms with Crippen LogP contribution in [0.5, 0.6) is 5.88 Å². The van der Waals surface area contributed by atoms with Crippen LogP contribution in [0.2, 0.25) is 0 Å². The van der Waals surface area contributed by atoms with Crippen LogP contribution in [0.1, 0.15) is 18.8 Å². The fourth-order valence-electron chi connectivity index (χ4n) is 2.50. The minimum absolute atomic E-state index is 0.407. The molecule has 1 atom stereocenters. The number of pyridine rings is 1. The van der Waals surface area contributed by atoms with E-state index >= 15 is 0 Å². The maximum atomic E-state index is 13.7. The zero-order valence-electron chi connectivity index (χ0n) is 13.0. The third-order valence-corrected chi connectivity index (χ3v) is 3.56. The Morgan fingerprint density at radius 1 is 1.38 bits per heavy atom. The highest BCUT2D eigenvalue weighted by atomic mass is 19.1. The van der Waals surface area contributed by atoms with E-state index in [2.05, 4.69) is 15.3 Å². The Labute approximate surface area is 136 Å². The molecule has 0 aliphatic heterocycles. The Balaban J connectivity index is 2.20. The Hall–Kier alpha value is -3.16. The van der Waals surface area contributed by atoms with E-state index in [0.29, 0.717) is 28.4 Å². The standard InChI is InChI=1S/C16H15FN4O3/c1-9(19-16(22)23)15-20-12-5-3-10(17)7-13(12)21(15)11-4-6-14(24-2)18-8-11/h3-9,19H,1-2H3,(H,22,23)/t9-/m0/s1. The number of fused-ring (bicyclic) bond motifs is 1. The summed E-state index contributed by atoms with van der Waals surface area (Å²) in [5.74, 6) is 0.466. The highest BCUT2D eigenvalue weighted by Gasteiger charge is 2.20. The number of hydrogen-bond donors (Lipinski definition) is 2. The average Bonchev–Trinajstić information content (AvgIpc) is 2.93. The van der Waals surface area contributed by atoms with Crippen molar-refractivity contribution >= 4 is 17.1 Å². The minimum Gasteiger partial charge on any atom is -0.481 e. The van der Waals surface area contributed by atoms with Crippen LogP contribution < -0.4 is 10.1 Å². The van der Waals surface area contributed by atoms with E-state index in [1.807, 2.05) is 0 Å². The van der Waals surface area contributed by atoms with Crippen molar-refractivity contribution in [3.05, 3.63) is 48.2 Å². The number of benzene rings is 1. The van der Waals surface area contributed by atoms with Crippen molar-refractivity contribution in [3.8, 4) is 11.6 Å². The summed E-state index contributed by atoms with van der Waals surface area (Å²) in [5.41, 5.74) is 1.70. The molecule has 0 aliphatic rings. The number of rotatable bonds is 4. The van der Waals surface area contributed by atoms with Gasteiger partial charge in [-0.3, -0.25) is 4.57 Å². The number of aromatic nitrogens is 3. The van der Waals surface area contributed by atoms with Crippen LogP contribution in [0.4, 0.5) is 9.18 Å². The number of amides is 1. The third-order valence-electron chi connectivity index (χ3n) is 3.56. The van der Waals surface area contributed by atoms with Gasteiger partial charge < -0.3 is 15.2 Å². The SMILES string of the molecule is COc1ccc(-n2c([C@H](C)NC(=O)O)nc3ccc(F)cc32)cn1. The molecule has 0 fully saturated rings. The van der Waals surface area contributed by atoms with Crippen LogP contribution >= 0.6 is 0 Å². The number of hydrogen-bond acceptors (Lipinski definition) is 4. The van der Waals surface area contributed by atoms with Gasteiger partial charge in [-0.2, -0.15) is 0 Å². The van der Waals surface area contributed by atoms with Gasteiger partial charge in [-0.15, -0.1) is 0 Å². The molecule has 0 radical (unpaired) electrons. The van der Waals surface area contributed by atoms with E-state index in [9.17, 15) is 9.18 Å². The molecule has 0 unspecified atom stereocenters. The lowest BCUT2D eigenvalue weighted by Crippen LogP contribution is -2.26. The lowest BCUT2D eigenvalue weighted by atomic mass is 10.3. The van der Waals surface area contributed by atoms with Crippen LogP contribution in [-0.2, 0) is 0 Å². The molecule has 24 heavy (non-hydrogen) atoms. The number of halogens is 1.